The van der Waals surface area contributed by atoms with Crippen molar-refractivity contribution in [3.63, 3.8) is 0 Å². The summed E-state index contributed by atoms with van der Waals surface area (Å²) in [5, 5.41) is 3.77. The summed E-state index contributed by atoms with van der Waals surface area (Å²) in [4.78, 5) is 2.72. The van der Waals surface area contributed by atoms with E-state index in [0.29, 0.717) is 6.10 Å². The Morgan fingerprint density at radius 2 is 1.83 bits per heavy atom. The standard InChI is InChI=1S/C15H30N2O/c1-3-10-16-14-6-4-5-7-15(14)17-11-8-13(18-2)9-12-17/h13-16H,3-12H2,1-2H3. The molecule has 1 heterocycles. The molecule has 1 aliphatic carbocycles. The Bertz CT molecular complexity index is 227. The third-order valence-corrected chi connectivity index (χ3v) is 4.66. The Labute approximate surface area is 112 Å². The van der Waals surface area contributed by atoms with Gasteiger partial charge in [-0.15, -0.1) is 0 Å². The molecular weight excluding hydrogens is 224 g/mol. The minimum Gasteiger partial charge on any atom is -0.381 e. The van der Waals surface area contributed by atoms with Crippen molar-refractivity contribution in [3.05, 3.63) is 0 Å². The molecule has 1 saturated heterocycles. The number of nitrogens with one attached hydrogen (secondary N) is 1. The largest absolute Gasteiger partial charge is 0.381 e. The zero-order valence-electron chi connectivity index (χ0n) is 12.2. The maximum Gasteiger partial charge on any atom is 0.0595 e. The molecule has 2 unspecified atom stereocenters. The number of methoxy groups -OCH3 is 1. The molecule has 2 fully saturated rings. The van der Waals surface area contributed by atoms with Gasteiger partial charge in [0.1, 0.15) is 0 Å². The van der Waals surface area contributed by atoms with Gasteiger partial charge in [0, 0.05) is 32.3 Å². The zero-order chi connectivity index (χ0) is 12.8. The predicted molar refractivity (Wildman–Crippen MR) is 75.9 cm³/mol. The number of hydrogen-bond donors (Lipinski definition) is 1. The molecule has 0 radical (unpaired) electrons. The number of hydrogen-bond acceptors (Lipinski definition) is 3. The molecule has 3 nitrogen and oxygen atoms in total. The monoisotopic (exact) mass is 254 g/mol. The highest BCUT2D eigenvalue weighted by molar-refractivity contribution is 4.90. The second-order valence-electron chi connectivity index (χ2n) is 5.88. The van der Waals surface area contributed by atoms with Crippen LogP contribution in [0.25, 0.3) is 0 Å². The summed E-state index contributed by atoms with van der Waals surface area (Å²) >= 11 is 0. The third kappa shape index (κ3) is 3.69. The second-order valence-corrected chi connectivity index (χ2v) is 5.88. The first-order chi connectivity index (χ1) is 8.85. The van der Waals surface area contributed by atoms with E-state index in [1.165, 1.54) is 64.6 Å². The van der Waals surface area contributed by atoms with Crippen molar-refractivity contribution in [2.24, 2.45) is 0 Å². The number of likely N-dealkylation sites (tertiary alicyclic amines) is 1. The van der Waals surface area contributed by atoms with Crippen LogP contribution in [-0.4, -0.2) is 49.8 Å². The Morgan fingerprint density at radius 1 is 1.11 bits per heavy atom. The van der Waals surface area contributed by atoms with Gasteiger partial charge < -0.3 is 10.1 Å². The van der Waals surface area contributed by atoms with E-state index in [1.807, 2.05) is 7.11 Å². The highest BCUT2D eigenvalue weighted by Crippen LogP contribution is 2.26. The van der Waals surface area contributed by atoms with Crippen molar-refractivity contribution >= 4 is 0 Å². The van der Waals surface area contributed by atoms with E-state index in [1.54, 1.807) is 0 Å². The quantitative estimate of drug-likeness (QED) is 0.815. The average molecular weight is 254 g/mol. The number of piperidine rings is 1. The smallest absolute Gasteiger partial charge is 0.0595 e. The molecule has 0 aromatic carbocycles. The lowest BCUT2D eigenvalue weighted by Crippen LogP contribution is -2.54. The van der Waals surface area contributed by atoms with Gasteiger partial charge in [0.2, 0.25) is 0 Å². The van der Waals surface area contributed by atoms with Crippen LogP contribution in [0.2, 0.25) is 0 Å². The van der Waals surface area contributed by atoms with E-state index < -0.39 is 0 Å². The van der Waals surface area contributed by atoms with E-state index >= 15 is 0 Å². The first kappa shape index (κ1) is 14.3. The topological polar surface area (TPSA) is 24.5 Å². The van der Waals surface area contributed by atoms with Gasteiger partial charge in [-0.1, -0.05) is 19.8 Å². The lowest BCUT2D eigenvalue weighted by Gasteiger charge is -2.43. The molecule has 0 bridgehead atoms. The molecule has 106 valence electrons. The lowest BCUT2D eigenvalue weighted by atomic mass is 9.87. The fourth-order valence-corrected chi connectivity index (χ4v) is 3.56. The Morgan fingerprint density at radius 3 is 2.50 bits per heavy atom. The molecular formula is C15H30N2O. The van der Waals surface area contributed by atoms with Gasteiger partial charge in [0.25, 0.3) is 0 Å². The highest BCUT2D eigenvalue weighted by Gasteiger charge is 2.31. The molecule has 1 N–H and O–H groups in total. The Kier molecular flexibility index (Phi) is 5.93. The average Bonchev–Trinajstić information content (AvgIpc) is 2.45. The van der Waals surface area contributed by atoms with Crippen LogP contribution in [-0.2, 0) is 4.74 Å². The maximum atomic E-state index is 5.48. The summed E-state index contributed by atoms with van der Waals surface area (Å²) in [6.45, 7) is 5.89. The molecule has 1 aliphatic heterocycles. The Hall–Kier alpha value is -0.120. The first-order valence-electron chi connectivity index (χ1n) is 7.85. The normalized spacial score (nSPS) is 31.7. The van der Waals surface area contributed by atoms with E-state index in [9.17, 15) is 0 Å². The maximum absolute atomic E-state index is 5.48. The van der Waals surface area contributed by atoms with E-state index in [2.05, 4.69) is 17.1 Å². The van der Waals surface area contributed by atoms with Crippen LogP contribution in [0.4, 0.5) is 0 Å². The van der Waals surface area contributed by atoms with Crippen LogP contribution in [0, 0.1) is 0 Å². The Balaban J connectivity index is 1.84. The number of rotatable bonds is 5. The lowest BCUT2D eigenvalue weighted by molar-refractivity contribution is 0.0138. The van der Waals surface area contributed by atoms with Crippen molar-refractivity contribution in [1.29, 1.82) is 0 Å². The van der Waals surface area contributed by atoms with Crippen LogP contribution in [0.5, 0.6) is 0 Å². The molecule has 0 amide bonds. The first-order valence-corrected chi connectivity index (χ1v) is 7.85. The molecule has 2 atom stereocenters. The molecule has 3 heteroatoms. The van der Waals surface area contributed by atoms with Crippen LogP contribution in [0.3, 0.4) is 0 Å². The van der Waals surface area contributed by atoms with Crippen LogP contribution in [0.1, 0.15) is 51.9 Å². The summed E-state index contributed by atoms with van der Waals surface area (Å²) in [6.07, 6.45) is 9.77. The van der Waals surface area contributed by atoms with Crippen molar-refractivity contribution in [2.75, 3.05) is 26.7 Å². The van der Waals surface area contributed by atoms with Gasteiger partial charge in [0.05, 0.1) is 6.10 Å². The summed E-state index contributed by atoms with van der Waals surface area (Å²) in [5.74, 6) is 0. The summed E-state index contributed by atoms with van der Waals surface area (Å²) in [6, 6.07) is 1.51. The molecule has 0 spiro atoms. The minimum atomic E-state index is 0.506. The fourth-order valence-electron chi connectivity index (χ4n) is 3.56. The van der Waals surface area contributed by atoms with Gasteiger partial charge in [-0.2, -0.15) is 0 Å². The summed E-state index contributed by atoms with van der Waals surface area (Å²) in [5.41, 5.74) is 0. The third-order valence-electron chi connectivity index (χ3n) is 4.66. The molecule has 0 aromatic heterocycles. The van der Waals surface area contributed by atoms with Crippen molar-refractivity contribution in [3.8, 4) is 0 Å². The molecule has 2 rings (SSSR count). The second kappa shape index (κ2) is 7.46. The van der Waals surface area contributed by atoms with Crippen molar-refractivity contribution in [1.82, 2.24) is 10.2 Å². The van der Waals surface area contributed by atoms with Gasteiger partial charge in [-0.25, -0.2) is 0 Å². The highest BCUT2D eigenvalue weighted by atomic mass is 16.5. The number of ether oxygens (including phenoxy) is 1. The summed E-state index contributed by atoms with van der Waals surface area (Å²) < 4.78 is 5.48. The van der Waals surface area contributed by atoms with Gasteiger partial charge in [0.15, 0.2) is 0 Å². The van der Waals surface area contributed by atoms with E-state index in [4.69, 9.17) is 4.74 Å². The summed E-state index contributed by atoms with van der Waals surface area (Å²) in [7, 11) is 1.85. The van der Waals surface area contributed by atoms with Gasteiger partial charge >= 0.3 is 0 Å². The fraction of sp³-hybridized carbons (Fsp3) is 1.00. The van der Waals surface area contributed by atoms with Crippen LogP contribution in [0.15, 0.2) is 0 Å². The van der Waals surface area contributed by atoms with Crippen LogP contribution >= 0.6 is 0 Å². The predicted octanol–water partition coefficient (Wildman–Crippen LogP) is 2.41. The van der Waals surface area contributed by atoms with E-state index in [-0.39, 0.29) is 0 Å². The molecule has 1 saturated carbocycles. The molecule has 18 heavy (non-hydrogen) atoms. The number of nitrogens with zero attached hydrogens (tertiary/aromatic N) is 1. The van der Waals surface area contributed by atoms with Crippen LogP contribution < -0.4 is 5.32 Å². The zero-order valence-corrected chi connectivity index (χ0v) is 12.2. The van der Waals surface area contributed by atoms with Gasteiger partial charge in [-0.3, -0.25) is 4.90 Å². The SMILES string of the molecule is CCCNC1CCCCC1N1CCC(OC)CC1. The molecule has 2 aliphatic rings. The van der Waals surface area contributed by atoms with E-state index in [0.717, 1.165) is 12.1 Å². The van der Waals surface area contributed by atoms with Crippen molar-refractivity contribution in [2.45, 2.75) is 70.1 Å². The van der Waals surface area contributed by atoms with Gasteiger partial charge in [-0.05, 0) is 38.6 Å². The van der Waals surface area contributed by atoms with Crippen molar-refractivity contribution < 1.29 is 4.74 Å². The molecule has 0 aromatic rings. The minimum absolute atomic E-state index is 0.506.